The Morgan fingerprint density at radius 2 is 1.56 bits per heavy atom. The van der Waals surface area contributed by atoms with E-state index in [2.05, 4.69) is 13.5 Å². The highest BCUT2D eigenvalue weighted by atomic mass is 19.2. The largest absolute Gasteiger partial charge is 0.494 e. The van der Waals surface area contributed by atoms with Gasteiger partial charge in [-0.2, -0.15) is 0 Å². The molecule has 0 aromatic heterocycles. The average molecular weight is 535 g/mol. The van der Waals surface area contributed by atoms with Gasteiger partial charge < -0.3 is 9.47 Å². The van der Waals surface area contributed by atoms with Crippen LogP contribution in [-0.4, -0.2) is 13.2 Å². The minimum atomic E-state index is -0.854. The fourth-order valence-corrected chi connectivity index (χ4v) is 5.03. The third kappa shape index (κ3) is 7.56. The quantitative estimate of drug-likeness (QED) is 0.170. The molecule has 0 aliphatic heterocycles. The maximum absolute atomic E-state index is 15.0. The molecule has 39 heavy (non-hydrogen) atoms. The third-order valence-electron chi connectivity index (χ3n) is 7.37. The van der Waals surface area contributed by atoms with Crippen molar-refractivity contribution < 1.29 is 22.6 Å². The van der Waals surface area contributed by atoms with Crippen LogP contribution in [0.2, 0.25) is 0 Å². The first-order valence-corrected chi connectivity index (χ1v) is 13.9. The molecule has 0 heterocycles. The molecule has 5 heteroatoms. The lowest BCUT2D eigenvalue weighted by atomic mass is 9.78. The number of halogens is 3. The zero-order valence-electron chi connectivity index (χ0n) is 22.6. The molecule has 1 aliphatic rings. The summed E-state index contributed by atoms with van der Waals surface area (Å²) in [6.45, 7) is 6.87. The summed E-state index contributed by atoms with van der Waals surface area (Å²) in [5.74, 6) is -0.298. The van der Waals surface area contributed by atoms with E-state index in [1.165, 1.54) is 6.07 Å². The van der Waals surface area contributed by atoms with Crippen LogP contribution in [0.1, 0.15) is 68.9 Å². The monoisotopic (exact) mass is 534 g/mol. The molecule has 2 nitrogen and oxygen atoms in total. The van der Waals surface area contributed by atoms with E-state index in [4.69, 9.17) is 9.47 Å². The Balaban J connectivity index is 1.34. The SMILES string of the molecule is C=CCCOc1ccc(C2CCC(/C=C/c3ccc(-c4ccc(OCCCC)cc4)c(F)c3F)CC2)c(F)c1. The Hall–Kier alpha value is -3.47. The van der Waals surface area contributed by atoms with Gasteiger partial charge in [-0.25, -0.2) is 13.2 Å². The zero-order valence-corrected chi connectivity index (χ0v) is 22.6. The predicted octanol–water partition coefficient (Wildman–Crippen LogP) is 9.89. The van der Waals surface area contributed by atoms with Crippen LogP contribution in [-0.2, 0) is 0 Å². The third-order valence-corrected chi connectivity index (χ3v) is 7.37. The summed E-state index contributed by atoms with van der Waals surface area (Å²) in [6, 6.07) is 15.4. The molecule has 0 spiro atoms. The van der Waals surface area contributed by atoms with E-state index < -0.39 is 11.6 Å². The molecule has 0 N–H and O–H groups in total. The highest BCUT2D eigenvalue weighted by Gasteiger charge is 2.24. The lowest BCUT2D eigenvalue weighted by Crippen LogP contribution is -2.13. The summed E-state index contributed by atoms with van der Waals surface area (Å²) in [5.41, 5.74) is 1.78. The van der Waals surface area contributed by atoms with Gasteiger partial charge in [0.25, 0.3) is 0 Å². The number of allylic oxidation sites excluding steroid dienone is 1. The van der Waals surface area contributed by atoms with E-state index in [0.717, 1.165) is 49.8 Å². The molecule has 0 bridgehead atoms. The van der Waals surface area contributed by atoms with E-state index in [1.807, 2.05) is 18.2 Å². The Bertz CT molecular complexity index is 1260. The first-order chi connectivity index (χ1) is 19.0. The molecule has 206 valence electrons. The molecule has 3 aromatic carbocycles. The van der Waals surface area contributed by atoms with E-state index in [0.29, 0.717) is 30.9 Å². The zero-order chi connectivity index (χ0) is 27.6. The van der Waals surface area contributed by atoms with Crippen molar-refractivity contribution in [2.75, 3.05) is 13.2 Å². The van der Waals surface area contributed by atoms with Gasteiger partial charge in [-0.1, -0.05) is 61.9 Å². The molecule has 0 radical (unpaired) electrons. The van der Waals surface area contributed by atoms with Crippen LogP contribution >= 0.6 is 0 Å². The van der Waals surface area contributed by atoms with Crippen LogP contribution in [0.3, 0.4) is 0 Å². The van der Waals surface area contributed by atoms with Gasteiger partial charge in [0.2, 0.25) is 0 Å². The van der Waals surface area contributed by atoms with E-state index in [9.17, 15) is 13.2 Å². The summed E-state index contributed by atoms with van der Waals surface area (Å²) < 4.78 is 55.8. The smallest absolute Gasteiger partial charge is 0.167 e. The first-order valence-electron chi connectivity index (χ1n) is 13.9. The van der Waals surface area contributed by atoms with Gasteiger partial charge in [-0.3, -0.25) is 0 Å². The molecular weight excluding hydrogens is 497 g/mol. The number of unbranched alkanes of at least 4 members (excludes halogenated alkanes) is 1. The van der Waals surface area contributed by atoms with Crippen molar-refractivity contribution in [3.05, 3.63) is 102 Å². The summed E-state index contributed by atoms with van der Waals surface area (Å²) in [7, 11) is 0. The van der Waals surface area contributed by atoms with Crippen molar-refractivity contribution in [2.24, 2.45) is 5.92 Å². The Morgan fingerprint density at radius 1 is 0.846 bits per heavy atom. The average Bonchev–Trinajstić information content (AvgIpc) is 2.95. The number of ether oxygens (including phenoxy) is 2. The van der Waals surface area contributed by atoms with Gasteiger partial charge in [-0.15, -0.1) is 6.58 Å². The van der Waals surface area contributed by atoms with Gasteiger partial charge in [-0.05, 0) is 79.7 Å². The standard InChI is InChI=1S/C34H37F3O2/c1-3-5-21-38-28-16-13-26(14-17-28)31-19-15-27(33(36)34(31)37)12-9-24-7-10-25(11-8-24)30-20-18-29(23-32(30)35)39-22-6-4-2/h4,9,12-20,23-25H,2-3,5-8,10-11,21-22H2,1H3/b12-9+. The summed E-state index contributed by atoms with van der Waals surface area (Å²) in [5, 5.41) is 0. The molecule has 0 saturated heterocycles. The normalized spacial score (nSPS) is 17.3. The maximum atomic E-state index is 15.0. The highest BCUT2D eigenvalue weighted by Crippen LogP contribution is 2.38. The molecule has 1 aliphatic carbocycles. The Morgan fingerprint density at radius 3 is 2.26 bits per heavy atom. The van der Waals surface area contributed by atoms with Crippen LogP contribution in [0.5, 0.6) is 11.5 Å². The summed E-state index contributed by atoms with van der Waals surface area (Å²) in [6.07, 6.45) is 11.6. The lowest BCUT2D eigenvalue weighted by molar-refractivity contribution is 0.309. The van der Waals surface area contributed by atoms with Crippen LogP contribution in [0.15, 0.2) is 73.3 Å². The van der Waals surface area contributed by atoms with Crippen LogP contribution in [0, 0.1) is 23.4 Å². The molecule has 0 atom stereocenters. The molecule has 1 fully saturated rings. The fraction of sp³-hybridized carbons (Fsp3) is 0.353. The molecule has 0 amide bonds. The van der Waals surface area contributed by atoms with Crippen LogP contribution in [0.4, 0.5) is 13.2 Å². The van der Waals surface area contributed by atoms with Gasteiger partial charge in [0.05, 0.1) is 13.2 Å². The number of rotatable bonds is 12. The second-order valence-electron chi connectivity index (χ2n) is 10.1. The number of hydrogen-bond acceptors (Lipinski definition) is 2. The molecule has 1 saturated carbocycles. The summed E-state index contributed by atoms with van der Waals surface area (Å²) in [4.78, 5) is 0. The fourth-order valence-electron chi connectivity index (χ4n) is 5.03. The first kappa shape index (κ1) is 28.5. The van der Waals surface area contributed by atoms with Crippen molar-refractivity contribution in [2.45, 2.75) is 57.8 Å². The van der Waals surface area contributed by atoms with Crippen LogP contribution in [0.25, 0.3) is 17.2 Å². The van der Waals surface area contributed by atoms with Gasteiger partial charge in [0, 0.05) is 17.2 Å². The van der Waals surface area contributed by atoms with E-state index in [-0.39, 0.29) is 28.8 Å². The van der Waals surface area contributed by atoms with Crippen molar-refractivity contribution in [3.63, 3.8) is 0 Å². The Labute approximate surface area is 230 Å². The minimum absolute atomic E-state index is 0.147. The van der Waals surface area contributed by atoms with E-state index >= 15 is 0 Å². The molecule has 4 rings (SSSR count). The minimum Gasteiger partial charge on any atom is -0.494 e. The lowest BCUT2D eigenvalue weighted by Gasteiger charge is -2.27. The predicted molar refractivity (Wildman–Crippen MR) is 153 cm³/mol. The second kappa shape index (κ2) is 14.1. The van der Waals surface area contributed by atoms with Crippen molar-refractivity contribution in [3.8, 4) is 22.6 Å². The maximum Gasteiger partial charge on any atom is 0.167 e. The van der Waals surface area contributed by atoms with Crippen molar-refractivity contribution >= 4 is 6.08 Å². The van der Waals surface area contributed by atoms with Crippen molar-refractivity contribution in [1.82, 2.24) is 0 Å². The van der Waals surface area contributed by atoms with Gasteiger partial charge >= 0.3 is 0 Å². The number of benzene rings is 3. The van der Waals surface area contributed by atoms with Gasteiger partial charge in [0.15, 0.2) is 11.6 Å². The topological polar surface area (TPSA) is 18.5 Å². The Kier molecular flexibility index (Phi) is 10.3. The molecule has 0 unspecified atom stereocenters. The number of hydrogen-bond donors (Lipinski definition) is 0. The molecular formula is C34H37F3O2. The van der Waals surface area contributed by atoms with E-state index in [1.54, 1.807) is 48.6 Å². The van der Waals surface area contributed by atoms with Crippen molar-refractivity contribution in [1.29, 1.82) is 0 Å². The second-order valence-corrected chi connectivity index (χ2v) is 10.1. The summed E-state index contributed by atoms with van der Waals surface area (Å²) >= 11 is 0. The highest BCUT2D eigenvalue weighted by molar-refractivity contribution is 5.67. The molecule has 3 aromatic rings. The van der Waals surface area contributed by atoms with Crippen LogP contribution < -0.4 is 9.47 Å². The van der Waals surface area contributed by atoms with Gasteiger partial charge in [0.1, 0.15) is 17.3 Å².